The Bertz CT molecular complexity index is 751. The summed E-state index contributed by atoms with van der Waals surface area (Å²) >= 11 is 0. The van der Waals surface area contributed by atoms with E-state index in [4.69, 9.17) is 0 Å². The van der Waals surface area contributed by atoms with Crippen LogP contribution in [0.3, 0.4) is 0 Å². The molecule has 0 saturated heterocycles. The highest BCUT2D eigenvalue weighted by Crippen LogP contribution is 2.15. The van der Waals surface area contributed by atoms with Gasteiger partial charge in [-0.15, -0.1) is 0 Å². The second-order valence-electron chi connectivity index (χ2n) is 4.85. The minimum Gasteiger partial charge on any atom is -0.296 e. The molecule has 1 aromatic carbocycles. The first-order chi connectivity index (χ1) is 9.79. The number of pyridine rings is 1. The van der Waals surface area contributed by atoms with E-state index in [-0.39, 0.29) is 10.8 Å². The van der Waals surface area contributed by atoms with Crippen molar-refractivity contribution in [3.63, 3.8) is 0 Å². The fourth-order valence-corrected chi connectivity index (χ4v) is 2.43. The number of hydrogen-bond acceptors (Lipinski definition) is 4. The largest absolute Gasteiger partial charge is 0.296 e. The lowest BCUT2D eigenvalue weighted by Crippen LogP contribution is -2.27. The molecular weight excluding hydrogens is 288 g/mol. The van der Waals surface area contributed by atoms with Crippen LogP contribution in [0.4, 0.5) is 5.82 Å². The Labute approximate surface area is 124 Å². The maximum absolute atomic E-state index is 12.3. The summed E-state index contributed by atoms with van der Waals surface area (Å²) in [6.45, 7) is 1.92. The lowest BCUT2D eigenvalue weighted by Gasteiger charge is -2.16. The molecule has 0 aliphatic carbocycles. The summed E-state index contributed by atoms with van der Waals surface area (Å²) < 4.78 is 22.8. The number of rotatable bonds is 3. The summed E-state index contributed by atoms with van der Waals surface area (Å²) in [6.07, 6.45) is 2.82. The number of benzene rings is 1. The predicted octanol–water partition coefficient (Wildman–Crippen LogP) is 2.07. The van der Waals surface area contributed by atoms with Gasteiger partial charge >= 0.3 is 0 Å². The second-order valence-corrected chi connectivity index (χ2v) is 6.87. The number of nitrogens with zero attached hydrogens (tertiary/aromatic N) is 2. The minimum atomic E-state index is -3.26. The molecule has 2 rings (SSSR count). The smallest absolute Gasteiger partial charge is 0.259 e. The molecule has 1 heterocycles. The van der Waals surface area contributed by atoms with E-state index in [0.717, 1.165) is 11.8 Å². The summed E-state index contributed by atoms with van der Waals surface area (Å²) in [5.74, 6) is 0.296. The normalized spacial score (nSPS) is 11.2. The Morgan fingerprint density at radius 2 is 1.71 bits per heavy atom. The Hall–Kier alpha value is -2.21. The highest BCUT2D eigenvalue weighted by molar-refractivity contribution is 7.90. The molecule has 0 bridgehead atoms. The standard InChI is InChI=1S/C15H16N2O3S/c1-11-4-9-14(16-10-11)17(2)15(18)12-5-7-13(8-6-12)21(3,19)20/h4-10H,1-3H3. The summed E-state index contributed by atoms with van der Waals surface area (Å²) in [5, 5.41) is 0. The zero-order chi connectivity index (χ0) is 15.6. The first-order valence-corrected chi connectivity index (χ1v) is 8.19. The molecule has 21 heavy (non-hydrogen) atoms. The van der Waals surface area contributed by atoms with Gasteiger partial charge in [0.15, 0.2) is 9.84 Å². The van der Waals surface area contributed by atoms with E-state index in [9.17, 15) is 13.2 Å². The predicted molar refractivity (Wildman–Crippen MR) is 81.3 cm³/mol. The van der Waals surface area contributed by atoms with Gasteiger partial charge in [-0.25, -0.2) is 13.4 Å². The van der Waals surface area contributed by atoms with Gasteiger partial charge in [-0.05, 0) is 42.8 Å². The van der Waals surface area contributed by atoms with E-state index >= 15 is 0 Å². The average molecular weight is 304 g/mol. The van der Waals surface area contributed by atoms with Gasteiger partial charge in [-0.3, -0.25) is 9.69 Å². The van der Waals surface area contributed by atoms with Gasteiger partial charge in [-0.2, -0.15) is 0 Å². The SMILES string of the molecule is Cc1ccc(N(C)C(=O)c2ccc(S(C)(=O)=O)cc2)nc1. The summed E-state index contributed by atoms with van der Waals surface area (Å²) in [7, 11) is -1.63. The Morgan fingerprint density at radius 1 is 1.10 bits per heavy atom. The van der Waals surface area contributed by atoms with Gasteiger partial charge < -0.3 is 0 Å². The van der Waals surface area contributed by atoms with Crippen LogP contribution in [-0.2, 0) is 9.84 Å². The number of aryl methyl sites for hydroxylation is 1. The minimum absolute atomic E-state index is 0.190. The fraction of sp³-hybridized carbons (Fsp3) is 0.200. The Kier molecular flexibility index (Phi) is 4.09. The topological polar surface area (TPSA) is 67.3 Å². The van der Waals surface area contributed by atoms with Crippen molar-refractivity contribution >= 4 is 21.6 Å². The molecule has 1 aromatic heterocycles. The highest BCUT2D eigenvalue weighted by Gasteiger charge is 2.15. The first kappa shape index (κ1) is 15.2. The number of sulfone groups is 1. The zero-order valence-electron chi connectivity index (χ0n) is 12.1. The molecule has 0 unspecified atom stereocenters. The summed E-state index contributed by atoms with van der Waals surface area (Å²) in [4.78, 5) is 18.1. The van der Waals surface area contributed by atoms with Crippen LogP contribution in [0.5, 0.6) is 0 Å². The molecule has 0 aliphatic heterocycles. The maximum Gasteiger partial charge on any atom is 0.259 e. The van der Waals surface area contributed by atoms with Crippen molar-refractivity contribution in [3.8, 4) is 0 Å². The molecule has 0 saturated carbocycles. The van der Waals surface area contributed by atoms with Crippen LogP contribution in [-0.4, -0.2) is 32.6 Å². The van der Waals surface area contributed by atoms with Gasteiger partial charge in [0.05, 0.1) is 4.90 Å². The molecule has 110 valence electrons. The van der Waals surface area contributed by atoms with E-state index in [1.807, 2.05) is 13.0 Å². The van der Waals surface area contributed by atoms with Crippen molar-refractivity contribution < 1.29 is 13.2 Å². The van der Waals surface area contributed by atoms with Crippen LogP contribution in [0.1, 0.15) is 15.9 Å². The molecule has 0 spiro atoms. The van der Waals surface area contributed by atoms with Gasteiger partial charge in [0.2, 0.25) is 0 Å². The number of carbonyl (C=O) groups is 1. The van der Waals surface area contributed by atoms with Crippen molar-refractivity contribution in [1.82, 2.24) is 4.98 Å². The van der Waals surface area contributed by atoms with Gasteiger partial charge in [0.1, 0.15) is 5.82 Å². The lowest BCUT2D eigenvalue weighted by molar-refractivity contribution is 0.0992. The van der Waals surface area contributed by atoms with E-state index in [0.29, 0.717) is 11.4 Å². The Balaban J connectivity index is 2.25. The van der Waals surface area contributed by atoms with E-state index in [2.05, 4.69) is 4.98 Å². The quantitative estimate of drug-likeness (QED) is 0.870. The lowest BCUT2D eigenvalue weighted by atomic mass is 10.2. The molecule has 0 fully saturated rings. The Morgan fingerprint density at radius 3 is 2.19 bits per heavy atom. The van der Waals surface area contributed by atoms with Crippen LogP contribution in [0.2, 0.25) is 0 Å². The zero-order valence-corrected chi connectivity index (χ0v) is 12.9. The summed E-state index contributed by atoms with van der Waals surface area (Å²) in [6, 6.07) is 9.50. The fourth-order valence-electron chi connectivity index (χ4n) is 1.80. The second kappa shape index (κ2) is 5.65. The molecule has 6 heteroatoms. The maximum atomic E-state index is 12.3. The van der Waals surface area contributed by atoms with Crippen LogP contribution >= 0.6 is 0 Å². The molecule has 2 aromatic rings. The van der Waals surface area contributed by atoms with E-state index in [1.165, 1.54) is 29.2 Å². The van der Waals surface area contributed by atoms with Gasteiger partial charge in [0, 0.05) is 25.1 Å². The van der Waals surface area contributed by atoms with Gasteiger partial charge in [-0.1, -0.05) is 6.07 Å². The van der Waals surface area contributed by atoms with Crippen LogP contribution < -0.4 is 4.90 Å². The number of hydrogen-bond donors (Lipinski definition) is 0. The third-order valence-electron chi connectivity index (χ3n) is 3.07. The number of amides is 1. The van der Waals surface area contributed by atoms with Crippen LogP contribution in [0.15, 0.2) is 47.5 Å². The summed E-state index contributed by atoms with van der Waals surface area (Å²) in [5.41, 5.74) is 1.42. The molecular formula is C15H16N2O3S. The van der Waals surface area contributed by atoms with E-state index in [1.54, 1.807) is 19.3 Å². The third-order valence-corrected chi connectivity index (χ3v) is 4.20. The molecule has 0 aliphatic rings. The average Bonchev–Trinajstić information content (AvgIpc) is 2.46. The van der Waals surface area contributed by atoms with Crippen molar-refractivity contribution in [1.29, 1.82) is 0 Å². The van der Waals surface area contributed by atoms with Crippen molar-refractivity contribution in [2.45, 2.75) is 11.8 Å². The number of carbonyl (C=O) groups excluding carboxylic acids is 1. The third kappa shape index (κ3) is 3.46. The highest BCUT2D eigenvalue weighted by atomic mass is 32.2. The first-order valence-electron chi connectivity index (χ1n) is 6.30. The van der Waals surface area contributed by atoms with Crippen LogP contribution in [0.25, 0.3) is 0 Å². The van der Waals surface area contributed by atoms with Crippen LogP contribution in [0, 0.1) is 6.92 Å². The van der Waals surface area contributed by atoms with Gasteiger partial charge in [0.25, 0.3) is 5.91 Å². The number of anilines is 1. The molecule has 0 atom stereocenters. The molecule has 0 N–H and O–H groups in total. The van der Waals surface area contributed by atoms with Crippen molar-refractivity contribution in [2.75, 3.05) is 18.2 Å². The van der Waals surface area contributed by atoms with E-state index < -0.39 is 9.84 Å². The number of aromatic nitrogens is 1. The van der Waals surface area contributed by atoms with Crippen molar-refractivity contribution in [3.05, 3.63) is 53.7 Å². The molecule has 5 nitrogen and oxygen atoms in total. The van der Waals surface area contributed by atoms with Crippen molar-refractivity contribution in [2.24, 2.45) is 0 Å². The molecule has 1 amide bonds. The molecule has 0 radical (unpaired) electrons. The monoisotopic (exact) mass is 304 g/mol.